The summed E-state index contributed by atoms with van der Waals surface area (Å²) in [5.74, 6) is -0.859. The zero-order chi connectivity index (χ0) is 15.0. The monoisotopic (exact) mass is 309 g/mol. The van der Waals surface area contributed by atoms with Crippen molar-refractivity contribution in [2.75, 3.05) is 19.7 Å². The molecular weight excluding hydrogens is 294 g/mol. The second-order valence-corrected chi connectivity index (χ2v) is 5.92. The lowest BCUT2D eigenvalue weighted by molar-refractivity contribution is -0.159. The van der Waals surface area contributed by atoms with Crippen molar-refractivity contribution in [3.8, 4) is 0 Å². The normalized spacial score (nSPS) is 28.2. The molecule has 5 nitrogen and oxygen atoms in total. The van der Waals surface area contributed by atoms with Crippen molar-refractivity contribution in [3.05, 3.63) is 34.9 Å². The quantitative estimate of drug-likeness (QED) is 0.924. The molecule has 1 N–H and O–H groups in total. The van der Waals surface area contributed by atoms with Crippen LogP contribution >= 0.6 is 11.6 Å². The molecule has 21 heavy (non-hydrogen) atoms. The van der Waals surface area contributed by atoms with Crippen LogP contribution in [0.2, 0.25) is 5.02 Å². The fraction of sp³-hybridized carbons (Fsp3) is 0.467. The summed E-state index contributed by atoms with van der Waals surface area (Å²) in [6.45, 7) is 0.867. The summed E-state index contributed by atoms with van der Waals surface area (Å²) in [6, 6.07) is 7.55. The molecule has 2 fully saturated rings. The number of benzene rings is 1. The van der Waals surface area contributed by atoms with Crippen molar-refractivity contribution in [3.63, 3.8) is 0 Å². The first-order valence-electron chi connectivity index (χ1n) is 6.95. The van der Waals surface area contributed by atoms with Gasteiger partial charge in [0, 0.05) is 17.5 Å². The van der Waals surface area contributed by atoms with Crippen LogP contribution in [0.3, 0.4) is 0 Å². The summed E-state index contributed by atoms with van der Waals surface area (Å²) >= 11 is 5.97. The number of ether oxygens (including phenoxy) is 1. The molecule has 0 spiro atoms. The van der Waals surface area contributed by atoms with Gasteiger partial charge in [0.15, 0.2) is 6.10 Å². The standard InChI is InChI=1S/C15H16ClNO4/c16-10-3-1-2-9(6-10)11-7-12(11)14(18)17-4-5-21-13(8-17)15(19)20/h1-3,6,11-13H,4-5,7-8H2,(H,19,20). The van der Waals surface area contributed by atoms with Crippen LogP contribution in [0.4, 0.5) is 0 Å². The predicted molar refractivity (Wildman–Crippen MR) is 76.3 cm³/mol. The van der Waals surface area contributed by atoms with E-state index < -0.39 is 12.1 Å². The van der Waals surface area contributed by atoms with E-state index in [0.29, 0.717) is 11.6 Å². The number of halogens is 1. The maximum atomic E-state index is 12.4. The van der Waals surface area contributed by atoms with Crippen molar-refractivity contribution in [1.82, 2.24) is 4.90 Å². The van der Waals surface area contributed by atoms with Gasteiger partial charge in [-0.1, -0.05) is 23.7 Å². The minimum atomic E-state index is -1.02. The van der Waals surface area contributed by atoms with Gasteiger partial charge in [-0.3, -0.25) is 4.79 Å². The van der Waals surface area contributed by atoms with Gasteiger partial charge < -0.3 is 14.7 Å². The van der Waals surface area contributed by atoms with Gasteiger partial charge in [-0.25, -0.2) is 4.79 Å². The van der Waals surface area contributed by atoms with E-state index in [2.05, 4.69) is 0 Å². The van der Waals surface area contributed by atoms with Gasteiger partial charge in [0.25, 0.3) is 0 Å². The number of hydrogen-bond donors (Lipinski definition) is 1. The molecule has 1 aliphatic heterocycles. The maximum absolute atomic E-state index is 12.4. The van der Waals surface area contributed by atoms with Crippen LogP contribution in [-0.2, 0) is 14.3 Å². The molecule has 1 aromatic carbocycles. The summed E-state index contributed by atoms with van der Waals surface area (Å²) in [7, 11) is 0. The number of amides is 1. The minimum absolute atomic E-state index is 0.0227. The Labute approximate surface area is 127 Å². The fourth-order valence-electron chi connectivity index (χ4n) is 2.81. The first-order valence-corrected chi connectivity index (χ1v) is 7.32. The van der Waals surface area contributed by atoms with Crippen molar-refractivity contribution < 1.29 is 19.4 Å². The maximum Gasteiger partial charge on any atom is 0.334 e. The lowest BCUT2D eigenvalue weighted by Gasteiger charge is -2.31. The third-order valence-corrected chi connectivity index (χ3v) is 4.27. The third-order valence-electron chi connectivity index (χ3n) is 4.04. The lowest BCUT2D eigenvalue weighted by atomic mass is 10.1. The van der Waals surface area contributed by atoms with Crippen molar-refractivity contribution in [2.45, 2.75) is 18.4 Å². The van der Waals surface area contributed by atoms with Crippen molar-refractivity contribution >= 4 is 23.5 Å². The molecule has 1 aromatic rings. The van der Waals surface area contributed by atoms with E-state index in [0.717, 1.165) is 12.0 Å². The minimum Gasteiger partial charge on any atom is -0.479 e. The Bertz CT molecular complexity index is 577. The summed E-state index contributed by atoms with van der Waals surface area (Å²) in [5.41, 5.74) is 1.07. The molecule has 3 unspecified atom stereocenters. The molecule has 2 aliphatic rings. The van der Waals surface area contributed by atoms with E-state index >= 15 is 0 Å². The van der Waals surface area contributed by atoms with E-state index in [1.165, 1.54) is 0 Å². The molecule has 1 heterocycles. The Kier molecular flexibility index (Phi) is 3.87. The summed E-state index contributed by atoms with van der Waals surface area (Å²) in [5, 5.41) is 9.64. The van der Waals surface area contributed by atoms with Gasteiger partial charge in [-0.15, -0.1) is 0 Å². The first-order chi connectivity index (χ1) is 10.1. The number of carbonyl (C=O) groups is 2. The number of rotatable bonds is 3. The average molecular weight is 310 g/mol. The van der Waals surface area contributed by atoms with Crippen LogP contribution in [-0.4, -0.2) is 47.7 Å². The average Bonchev–Trinajstić information content (AvgIpc) is 3.27. The van der Waals surface area contributed by atoms with E-state index in [-0.39, 0.29) is 30.9 Å². The molecule has 3 rings (SSSR count). The Morgan fingerprint density at radius 3 is 2.90 bits per heavy atom. The van der Waals surface area contributed by atoms with Crippen LogP contribution in [0.1, 0.15) is 17.9 Å². The van der Waals surface area contributed by atoms with Crippen LogP contribution < -0.4 is 0 Å². The Hall–Kier alpha value is -1.59. The number of morpholine rings is 1. The molecular formula is C15H16ClNO4. The Morgan fingerprint density at radius 2 is 2.19 bits per heavy atom. The van der Waals surface area contributed by atoms with Crippen LogP contribution in [0.25, 0.3) is 0 Å². The highest BCUT2D eigenvalue weighted by atomic mass is 35.5. The van der Waals surface area contributed by atoms with Crippen LogP contribution in [0, 0.1) is 5.92 Å². The molecule has 0 aromatic heterocycles. The van der Waals surface area contributed by atoms with Gasteiger partial charge in [0.2, 0.25) is 5.91 Å². The highest BCUT2D eigenvalue weighted by Crippen LogP contribution is 2.49. The van der Waals surface area contributed by atoms with E-state index in [1.807, 2.05) is 24.3 Å². The lowest BCUT2D eigenvalue weighted by Crippen LogP contribution is -2.49. The second-order valence-electron chi connectivity index (χ2n) is 5.49. The number of carboxylic acid groups (broad SMARTS) is 1. The van der Waals surface area contributed by atoms with Crippen LogP contribution in [0.5, 0.6) is 0 Å². The second kappa shape index (κ2) is 5.66. The molecule has 1 saturated carbocycles. The summed E-state index contributed by atoms with van der Waals surface area (Å²) in [4.78, 5) is 25.0. The predicted octanol–water partition coefficient (Wildman–Crippen LogP) is 1.76. The van der Waals surface area contributed by atoms with E-state index in [4.69, 9.17) is 21.4 Å². The van der Waals surface area contributed by atoms with E-state index in [1.54, 1.807) is 4.90 Å². The molecule has 3 atom stereocenters. The fourth-order valence-corrected chi connectivity index (χ4v) is 3.01. The molecule has 1 saturated heterocycles. The number of hydrogen-bond acceptors (Lipinski definition) is 3. The van der Waals surface area contributed by atoms with Gasteiger partial charge in [-0.05, 0) is 30.0 Å². The number of carbonyl (C=O) groups excluding carboxylic acids is 1. The zero-order valence-electron chi connectivity index (χ0n) is 11.4. The summed E-state index contributed by atoms with van der Waals surface area (Å²) < 4.78 is 5.14. The highest BCUT2D eigenvalue weighted by Gasteiger charge is 2.46. The third kappa shape index (κ3) is 3.04. The molecule has 6 heteroatoms. The SMILES string of the molecule is O=C(O)C1CN(C(=O)C2CC2c2cccc(Cl)c2)CCO1. The largest absolute Gasteiger partial charge is 0.479 e. The van der Waals surface area contributed by atoms with Crippen molar-refractivity contribution in [2.24, 2.45) is 5.92 Å². The molecule has 112 valence electrons. The van der Waals surface area contributed by atoms with Crippen LogP contribution in [0.15, 0.2) is 24.3 Å². The Balaban J connectivity index is 1.63. The molecule has 1 aliphatic carbocycles. The molecule has 0 radical (unpaired) electrons. The smallest absolute Gasteiger partial charge is 0.334 e. The van der Waals surface area contributed by atoms with Gasteiger partial charge >= 0.3 is 5.97 Å². The Morgan fingerprint density at radius 1 is 1.38 bits per heavy atom. The van der Waals surface area contributed by atoms with Gasteiger partial charge in [0.05, 0.1) is 13.2 Å². The number of aliphatic carboxylic acids is 1. The summed E-state index contributed by atoms with van der Waals surface area (Å²) in [6.07, 6.45) is -0.111. The van der Waals surface area contributed by atoms with Crippen molar-refractivity contribution in [1.29, 1.82) is 0 Å². The topological polar surface area (TPSA) is 66.8 Å². The molecule has 1 amide bonds. The zero-order valence-corrected chi connectivity index (χ0v) is 12.1. The van der Waals surface area contributed by atoms with Gasteiger partial charge in [-0.2, -0.15) is 0 Å². The van der Waals surface area contributed by atoms with E-state index in [9.17, 15) is 9.59 Å². The first kappa shape index (κ1) is 14.4. The molecule has 0 bridgehead atoms. The number of carboxylic acids is 1. The highest BCUT2D eigenvalue weighted by molar-refractivity contribution is 6.30. The number of nitrogens with zero attached hydrogens (tertiary/aromatic N) is 1. The van der Waals surface area contributed by atoms with Gasteiger partial charge in [0.1, 0.15) is 0 Å².